The van der Waals surface area contributed by atoms with Gasteiger partial charge < -0.3 is 9.26 Å². The highest BCUT2D eigenvalue weighted by molar-refractivity contribution is 5.20. The molecule has 2 aromatic heterocycles. The lowest BCUT2D eigenvalue weighted by molar-refractivity contribution is 0.158. The Balaban J connectivity index is 1.14. The number of ether oxygens (including phenoxy) is 1. The second-order valence-corrected chi connectivity index (χ2v) is 8.67. The largest absolute Gasteiger partial charge is 0.381 e. The molecular formula is C21H29N5O3. The van der Waals surface area contributed by atoms with E-state index in [-0.39, 0.29) is 11.5 Å². The van der Waals surface area contributed by atoms with Crippen LogP contribution in [0.2, 0.25) is 0 Å². The summed E-state index contributed by atoms with van der Waals surface area (Å²) in [6, 6.07) is 1.82. The third kappa shape index (κ3) is 4.28. The van der Waals surface area contributed by atoms with Crippen molar-refractivity contribution in [2.45, 2.75) is 64.0 Å². The minimum absolute atomic E-state index is 0.0586. The summed E-state index contributed by atoms with van der Waals surface area (Å²) in [6.45, 7) is 4.89. The number of aryl methyl sites for hydroxylation is 2. The Morgan fingerprint density at radius 2 is 2.00 bits per heavy atom. The second-order valence-electron chi connectivity index (χ2n) is 8.67. The van der Waals surface area contributed by atoms with Crippen molar-refractivity contribution in [3.63, 3.8) is 0 Å². The van der Waals surface area contributed by atoms with E-state index in [4.69, 9.17) is 9.26 Å². The molecule has 1 aliphatic carbocycles. The zero-order valence-corrected chi connectivity index (χ0v) is 16.9. The molecule has 0 N–H and O–H groups in total. The standard InChI is InChI=1S/C21H29N5O3/c27-20-11-16-3-1-2-4-18(16)23-26(20)12-15-5-8-25(9-6-15)13-19-22-21(29-24-19)17-7-10-28-14-17/h11,15,17H,1-10,12-14H2. The van der Waals surface area contributed by atoms with Gasteiger partial charge in [-0.2, -0.15) is 10.1 Å². The SMILES string of the molecule is O=c1cc2c(nn1CC1CCN(Cc3noc(C4CCOC4)n3)CC1)CCCC2. The van der Waals surface area contributed by atoms with Gasteiger partial charge in [0.2, 0.25) is 5.89 Å². The number of aromatic nitrogens is 4. The first-order valence-corrected chi connectivity index (χ1v) is 11.0. The normalized spacial score (nSPS) is 23.4. The number of nitrogens with zero attached hydrogens (tertiary/aromatic N) is 5. The predicted molar refractivity (Wildman–Crippen MR) is 106 cm³/mol. The first-order chi connectivity index (χ1) is 14.2. The van der Waals surface area contributed by atoms with Crippen molar-refractivity contribution in [2.24, 2.45) is 5.92 Å². The van der Waals surface area contributed by atoms with Gasteiger partial charge in [-0.1, -0.05) is 5.16 Å². The van der Waals surface area contributed by atoms with Crippen LogP contribution in [0.1, 0.15) is 61.0 Å². The van der Waals surface area contributed by atoms with E-state index < -0.39 is 0 Å². The fourth-order valence-electron chi connectivity index (χ4n) is 4.73. The summed E-state index contributed by atoms with van der Waals surface area (Å²) < 4.78 is 12.5. The maximum Gasteiger partial charge on any atom is 0.267 e. The summed E-state index contributed by atoms with van der Waals surface area (Å²) in [6.07, 6.45) is 7.45. The molecule has 8 nitrogen and oxygen atoms in total. The highest BCUT2D eigenvalue weighted by atomic mass is 16.5. The van der Waals surface area contributed by atoms with Gasteiger partial charge >= 0.3 is 0 Å². The van der Waals surface area contributed by atoms with Crippen molar-refractivity contribution < 1.29 is 9.26 Å². The van der Waals surface area contributed by atoms with Gasteiger partial charge in [0.15, 0.2) is 5.82 Å². The van der Waals surface area contributed by atoms with Gasteiger partial charge in [0, 0.05) is 19.2 Å². The van der Waals surface area contributed by atoms with Crippen LogP contribution < -0.4 is 5.56 Å². The van der Waals surface area contributed by atoms with Gasteiger partial charge in [0.1, 0.15) is 0 Å². The molecule has 29 heavy (non-hydrogen) atoms. The maximum atomic E-state index is 12.4. The summed E-state index contributed by atoms with van der Waals surface area (Å²) in [4.78, 5) is 19.4. The van der Waals surface area contributed by atoms with Gasteiger partial charge in [-0.15, -0.1) is 0 Å². The number of rotatable bonds is 5. The third-order valence-electron chi connectivity index (χ3n) is 6.54. The zero-order chi connectivity index (χ0) is 19.6. The Kier molecular flexibility index (Phi) is 5.46. The molecule has 0 saturated carbocycles. The topological polar surface area (TPSA) is 86.3 Å². The van der Waals surface area contributed by atoms with Gasteiger partial charge in [-0.25, -0.2) is 4.68 Å². The van der Waals surface area contributed by atoms with Gasteiger partial charge in [-0.3, -0.25) is 9.69 Å². The highest BCUT2D eigenvalue weighted by Gasteiger charge is 2.26. The Bertz CT molecular complexity index is 894. The van der Waals surface area contributed by atoms with Crippen molar-refractivity contribution in [2.75, 3.05) is 26.3 Å². The molecule has 0 spiro atoms. The number of piperidine rings is 1. The summed E-state index contributed by atoms with van der Waals surface area (Å²) in [5, 5.41) is 8.84. The number of hydrogen-bond donors (Lipinski definition) is 0. The van der Waals surface area contributed by atoms with Gasteiger partial charge in [-0.05, 0) is 69.5 Å². The molecule has 0 radical (unpaired) electrons. The van der Waals surface area contributed by atoms with Gasteiger partial charge in [0.05, 0.1) is 24.8 Å². The number of fused-ring (bicyclic) bond motifs is 1. The lowest BCUT2D eigenvalue weighted by Crippen LogP contribution is -2.37. The van der Waals surface area contributed by atoms with E-state index in [0.717, 1.165) is 82.0 Å². The molecule has 1 atom stereocenters. The molecule has 0 aromatic carbocycles. The fraction of sp³-hybridized carbons (Fsp3) is 0.714. The Morgan fingerprint density at radius 3 is 2.83 bits per heavy atom. The molecule has 0 bridgehead atoms. The van der Waals surface area contributed by atoms with Crippen LogP contribution in [0.5, 0.6) is 0 Å². The smallest absolute Gasteiger partial charge is 0.267 e. The molecule has 5 rings (SSSR count). The highest BCUT2D eigenvalue weighted by Crippen LogP contribution is 2.25. The van der Waals surface area contributed by atoms with E-state index in [1.165, 1.54) is 12.8 Å². The van der Waals surface area contributed by atoms with Crippen LogP contribution in [0.4, 0.5) is 0 Å². The van der Waals surface area contributed by atoms with E-state index in [0.29, 0.717) is 18.4 Å². The Morgan fingerprint density at radius 1 is 1.14 bits per heavy atom. The van der Waals surface area contributed by atoms with Crippen LogP contribution in [-0.4, -0.2) is 51.1 Å². The summed E-state index contributed by atoms with van der Waals surface area (Å²) in [5.41, 5.74) is 2.35. The lowest BCUT2D eigenvalue weighted by Gasteiger charge is -2.31. The van der Waals surface area contributed by atoms with E-state index in [1.54, 1.807) is 4.68 Å². The molecule has 4 heterocycles. The average molecular weight is 399 g/mol. The fourth-order valence-corrected chi connectivity index (χ4v) is 4.73. The average Bonchev–Trinajstić information content (AvgIpc) is 3.42. The molecule has 1 unspecified atom stereocenters. The zero-order valence-electron chi connectivity index (χ0n) is 16.9. The summed E-state index contributed by atoms with van der Waals surface area (Å²) >= 11 is 0. The van der Waals surface area contributed by atoms with Crippen molar-refractivity contribution >= 4 is 0 Å². The predicted octanol–water partition coefficient (Wildman–Crippen LogP) is 1.92. The summed E-state index contributed by atoms with van der Waals surface area (Å²) in [7, 11) is 0. The molecule has 2 aliphatic heterocycles. The van der Waals surface area contributed by atoms with Crippen LogP contribution in [0.3, 0.4) is 0 Å². The first-order valence-electron chi connectivity index (χ1n) is 11.0. The van der Waals surface area contributed by atoms with E-state index >= 15 is 0 Å². The van der Waals surface area contributed by atoms with Crippen LogP contribution >= 0.6 is 0 Å². The van der Waals surface area contributed by atoms with Crippen molar-refractivity contribution in [1.82, 2.24) is 24.8 Å². The maximum absolute atomic E-state index is 12.4. The molecule has 8 heteroatoms. The minimum atomic E-state index is 0.0586. The van der Waals surface area contributed by atoms with E-state index in [9.17, 15) is 4.79 Å². The molecular weight excluding hydrogens is 370 g/mol. The second kappa shape index (κ2) is 8.36. The first kappa shape index (κ1) is 18.9. The number of hydrogen-bond acceptors (Lipinski definition) is 7. The third-order valence-corrected chi connectivity index (χ3v) is 6.54. The Labute approximate surface area is 170 Å². The van der Waals surface area contributed by atoms with Crippen LogP contribution in [0.15, 0.2) is 15.4 Å². The van der Waals surface area contributed by atoms with Gasteiger partial charge in [0.25, 0.3) is 5.56 Å². The molecule has 2 saturated heterocycles. The minimum Gasteiger partial charge on any atom is -0.381 e. The quantitative estimate of drug-likeness (QED) is 0.759. The summed E-state index contributed by atoms with van der Waals surface area (Å²) in [5.74, 6) is 2.22. The lowest BCUT2D eigenvalue weighted by atomic mass is 9.96. The number of likely N-dealkylation sites (tertiary alicyclic amines) is 1. The molecule has 0 amide bonds. The Hall–Kier alpha value is -2.06. The molecule has 3 aliphatic rings. The van der Waals surface area contributed by atoms with E-state index in [1.807, 2.05) is 6.07 Å². The van der Waals surface area contributed by atoms with Crippen LogP contribution in [0.25, 0.3) is 0 Å². The van der Waals surface area contributed by atoms with Crippen molar-refractivity contribution in [3.05, 3.63) is 39.4 Å². The van der Waals surface area contributed by atoms with Crippen molar-refractivity contribution in [1.29, 1.82) is 0 Å². The molecule has 2 fully saturated rings. The van der Waals surface area contributed by atoms with E-state index in [2.05, 4.69) is 20.1 Å². The van der Waals surface area contributed by atoms with Crippen molar-refractivity contribution in [3.8, 4) is 0 Å². The molecule has 156 valence electrons. The molecule has 2 aromatic rings. The van der Waals surface area contributed by atoms with Crippen LogP contribution in [0, 0.1) is 5.92 Å². The van der Waals surface area contributed by atoms with Crippen LogP contribution in [-0.2, 0) is 30.7 Å². The monoisotopic (exact) mass is 399 g/mol.